The summed E-state index contributed by atoms with van der Waals surface area (Å²) in [6, 6.07) is 7.66. The lowest BCUT2D eigenvalue weighted by Crippen LogP contribution is -2.41. The van der Waals surface area contributed by atoms with Gasteiger partial charge in [-0.2, -0.15) is 0 Å². The summed E-state index contributed by atoms with van der Waals surface area (Å²) in [7, 11) is 0. The number of nitrogens with zero attached hydrogens (tertiary/aromatic N) is 1. The van der Waals surface area contributed by atoms with Crippen molar-refractivity contribution in [3.05, 3.63) is 29.8 Å². The Morgan fingerprint density at radius 2 is 2.04 bits per heavy atom. The Kier molecular flexibility index (Phi) is 5.12. The topological polar surface area (TPSA) is 67.9 Å². The van der Waals surface area contributed by atoms with Crippen LogP contribution < -0.4 is 10.1 Å². The van der Waals surface area contributed by atoms with Gasteiger partial charge in [-0.1, -0.05) is 18.2 Å². The van der Waals surface area contributed by atoms with E-state index in [1.165, 1.54) is 0 Å². The Hall–Kier alpha value is -2.08. The molecular formula is C17H22N2O4. The Bertz CT molecular complexity index is 569. The summed E-state index contributed by atoms with van der Waals surface area (Å²) < 4.78 is 10.8. The number of benzene rings is 1. The summed E-state index contributed by atoms with van der Waals surface area (Å²) in [5.41, 5.74) is 0.995. The molecule has 0 bridgehead atoms. The lowest BCUT2D eigenvalue weighted by atomic mass is 9.99. The van der Waals surface area contributed by atoms with Crippen LogP contribution in [0.25, 0.3) is 0 Å². The number of hydrogen-bond donors (Lipinski definition) is 1. The second-order valence-corrected chi connectivity index (χ2v) is 5.89. The minimum atomic E-state index is -0.0542. The molecule has 0 spiro atoms. The van der Waals surface area contributed by atoms with E-state index in [0.29, 0.717) is 32.8 Å². The summed E-state index contributed by atoms with van der Waals surface area (Å²) >= 11 is 0. The van der Waals surface area contributed by atoms with Crippen molar-refractivity contribution in [2.45, 2.75) is 19.4 Å². The van der Waals surface area contributed by atoms with Gasteiger partial charge in [-0.05, 0) is 18.9 Å². The fraction of sp³-hybridized carbons (Fsp3) is 0.529. The molecule has 0 unspecified atom stereocenters. The first kappa shape index (κ1) is 15.8. The number of nitrogens with one attached hydrogen (secondary N) is 1. The van der Waals surface area contributed by atoms with E-state index in [-0.39, 0.29) is 24.3 Å². The molecule has 2 amide bonds. The third-order valence-electron chi connectivity index (χ3n) is 4.31. The van der Waals surface area contributed by atoms with Gasteiger partial charge in [0.05, 0.1) is 0 Å². The van der Waals surface area contributed by atoms with Crippen LogP contribution in [0.1, 0.15) is 18.4 Å². The Morgan fingerprint density at radius 1 is 1.26 bits per heavy atom. The van der Waals surface area contributed by atoms with Gasteiger partial charge < -0.3 is 19.7 Å². The van der Waals surface area contributed by atoms with Crippen LogP contribution in [-0.4, -0.2) is 49.6 Å². The van der Waals surface area contributed by atoms with Gasteiger partial charge in [-0.3, -0.25) is 9.59 Å². The van der Waals surface area contributed by atoms with Gasteiger partial charge in [0.2, 0.25) is 5.91 Å². The quantitative estimate of drug-likeness (QED) is 0.897. The van der Waals surface area contributed by atoms with E-state index in [0.717, 1.165) is 24.2 Å². The van der Waals surface area contributed by atoms with Gasteiger partial charge in [0, 0.05) is 44.3 Å². The first-order chi connectivity index (χ1) is 11.2. The maximum absolute atomic E-state index is 12.1. The van der Waals surface area contributed by atoms with Crippen LogP contribution in [-0.2, 0) is 20.9 Å². The molecule has 0 saturated carbocycles. The van der Waals surface area contributed by atoms with Crippen LogP contribution in [0.4, 0.5) is 0 Å². The predicted octanol–water partition coefficient (Wildman–Crippen LogP) is 0.950. The van der Waals surface area contributed by atoms with E-state index in [1.807, 2.05) is 24.3 Å². The van der Waals surface area contributed by atoms with E-state index in [9.17, 15) is 9.59 Å². The zero-order valence-electron chi connectivity index (χ0n) is 13.1. The van der Waals surface area contributed by atoms with Crippen molar-refractivity contribution in [3.63, 3.8) is 0 Å². The van der Waals surface area contributed by atoms with Gasteiger partial charge in [0.25, 0.3) is 5.91 Å². The predicted molar refractivity (Wildman–Crippen MR) is 83.9 cm³/mol. The fourth-order valence-corrected chi connectivity index (χ4v) is 2.92. The van der Waals surface area contributed by atoms with Gasteiger partial charge in [-0.15, -0.1) is 0 Å². The van der Waals surface area contributed by atoms with Crippen LogP contribution >= 0.6 is 0 Å². The number of hydrogen-bond acceptors (Lipinski definition) is 4. The third-order valence-corrected chi connectivity index (χ3v) is 4.31. The molecule has 23 heavy (non-hydrogen) atoms. The molecule has 0 atom stereocenters. The molecule has 6 nitrogen and oxygen atoms in total. The maximum atomic E-state index is 12.1. The van der Waals surface area contributed by atoms with E-state index < -0.39 is 0 Å². The number of ether oxygens (including phenoxy) is 2. The van der Waals surface area contributed by atoms with Crippen molar-refractivity contribution < 1.29 is 19.1 Å². The first-order valence-electron chi connectivity index (χ1n) is 8.08. The van der Waals surface area contributed by atoms with Gasteiger partial charge in [-0.25, -0.2) is 0 Å². The largest absolute Gasteiger partial charge is 0.483 e. The van der Waals surface area contributed by atoms with Crippen LogP contribution in [0, 0.1) is 5.92 Å². The normalized spacial score (nSPS) is 18.8. The molecule has 1 saturated heterocycles. The Morgan fingerprint density at radius 3 is 2.87 bits per heavy atom. The second-order valence-electron chi connectivity index (χ2n) is 5.89. The highest BCUT2D eigenvalue weighted by atomic mass is 16.5. The van der Waals surface area contributed by atoms with Crippen molar-refractivity contribution in [1.82, 2.24) is 10.2 Å². The second kappa shape index (κ2) is 7.46. The monoisotopic (exact) mass is 318 g/mol. The molecular weight excluding hydrogens is 296 g/mol. The third kappa shape index (κ3) is 4.01. The summed E-state index contributed by atoms with van der Waals surface area (Å²) in [5.74, 6) is 0.802. The number of rotatable bonds is 4. The van der Waals surface area contributed by atoms with Gasteiger partial charge in [0.1, 0.15) is 5.75 Å². The Labute approximate surface area is 135 Å². The highest BCUT2D eigenvalue weighted by Gasteiger charge is 2.23. The minimum Gasteiger partial charge on any atom is -0.483 e. The zero-order chi connectivity index (χ0) is 16.1. The molecule has 124 valence electrons. The maximum Gasteiger partial charge on any atom is 0.260 e. The van der Waals surface area contributed by atoms with Crippen molar-refractivity contribution in [2.24, 2.45) is 5.92 Å². The van der Waals surface area contributed by atoms with Crippen LogP contribution in [0.5, 0.6) is 5.75 Å². The standard InChI is InChI=1S/C17H22N2O4/c20-16-12-23-15-4-2-1-3-14(15)11-19(16)8-7-18-17(21)13-5-9-22-10-6-13/h1-4,13H,5-12H2,(H,18,21). The average Bonchev–Trinajstić information content (AvgIpc) is 2.75. The van der Waals surface area contributed by atoms with Crippen LogP contribution in [0.3, 0.4) is 0 Å². The fourth-order valence-electron chi connectivity index (χ4n) is 2.92. The number of para-hydroxylation sites is 1. The number of carbonyl (C=O) groups excluding carboxylic acids is 2. The lowest BCUT2D eigenvalue weighted by Gasteiger charge is -2.23. The molecule has 2 aliphatic heterocycles. The lowest BCUT2D eigenvalue weighted by molar-refractivity contribution is -0.134. The molecule has 1 N–H and O–H groups in total. The van der Waals surface area contributed by atoms with Gasteiger partial charge >= 0.3 is 0 Å². The van der Waals surface area contributed by atoms with Crippen molar-refractivity contribution >= 4 is 11.8 Å². The summed E-state index contributed by atoms with van der Waals surface area (Å²) in [5, 5.41) is 2.94. The van der Waals surface area contributed by atoms with E-state index in [1.54, 1.807) is 4.90 Å². The molecule has 1 aromatic rings. The molecule has 2 aliphatic rings. The van der Waals surface area contributed by atoms with E-state index >= 15 is 0 Å². The average molecular weight is 318 g/mol. The van der Waals surface area contributed by atoms with E-state index in [2.05, 4.69) is 5.32 Å². The van der Waals surface area contributed by atoms with Crippen molar-refractivity contribution in [2.75, 3.05) is 32.9 Å². The van der Waals surface area contributed by atoms with E-state index in [4.69, 9.17) is 9.47 Å². The highest BCUT2D eigenvalue weighted by Crippen LogP contribution is 2.22. The first-order valence-corrected chi connectivity index (χ1v) is 8.08. The molecule has 3 rings (SSSR count). The number of amides is 2. The number of fused-ring (bicyclic) bond motifs is 1. The van der Waals surface area contributed by atoms with Crippen molar-refractivity contribution in [1.29, 1.82) is 0 Å². The molecule has 1 fully saturated rings. The minimum absolute atomic E-state index is 0.0349. The summed E-state index contributed by atoms with van der Waals surface area (Å²) in [6.45, 7) is 2.82. The summed E-state index contributed by atoms with van der Waals surface area (Å²) in [4.78, 5) is 26.0. The number of carbonyl (C=O) groups is 2. The molecule has 0 aromatic heterocycles. The smallest absolute Gasteiger partial charge is 0.260 e. The molecule has 1 aromatic carbocycles. The van der Waals surface area contributed by atoms with Gasteiger partial charge in [0.15, 0.2) is 6.61 Å². The SMILES string of the molecule is O=C(NCCN1Cc2ccccc2OCC1=O)C1CCOCC1. The summed E-state index contributed by atoms with van der Waals surface area (Å²) in [6.07, 6.45) is 1.55. The molecule has 0 aliphatic carbocycles. The zero-order valence-corrected chi connectivity index (χ0v) is 13.1. The molecule has 2 heterocycles. The van der Waals surface area contributed by atoms with Crippen LogP contribution in [0.15, 0.2) is 24.3 Å². The molecule has 0 radical (unpaired) electrons. The van der Waals surface area contributed by atoms with Crippen molar-refractivity contribution in [3.8, 4) is 5.75 Å². The highest BCUT2D eigenvalue weighted by molar-refractivity contribution is 5.79. The van der Waals surface area contributed by atoms with Crippen LogP contribution in [0.2, 0.25) is 0 Å². The Balaban J connectivity index is 1.51. The molecule has 6 heteroatoms.